The lowest BCUT2D eigenvalue weighted by Gasteiger charge is -2.35. The van der Waals surface area contributed by atoms with Crippen LogP contribution >= 0.6 is 0 Å². The molecule has 0 bridgehead atoms. The van der Waals surface area contributed by atoms with Gasteiger partial charge in [0.2, 0.25) is 0 Å². The predicted molar refractivity (Wildman–Crippen MR) is 63.0 cm³/mol. The molecular formula is C12H19N3. The number of pyridine rings is 1. The van der Waals surface area contributed by atoms with Crippen molar-refractivity contribution in [2.75, 3.05) is 19.0 Å². The normalized spacial score (nSPS) is 16.1. The number of nitrogens with zero attached hydrogens (tertiary/aromatic N) is 2. The van der Waals surface area contributed by atoms with E-state index in [4.69, 9.17) is 0 Å². The summed E-state index contributed by atoms with van der Waals surface area (Å²) in [6.07, 6.45) is 5.96. The molecule has 1 N–H and O–H groups in total. The Labute approximate surface area is 91.5 Å². The van der Waals surface area contributed by atoms with Gasteiger partial charge < -0.3 is 10.2 Å². The SMILES string of the molecule is CNCc1ccc(N(C)C2CCC2)nc1. The van der Waals surface area contributed by atoms with E-state index in [9.17, 15) is 0 Å². The summed E-state index contributed by atoms with van der Waals surface area (Å²) in [5, 5.41) is 3.12. The van der Waals surface area contributed by atoms with E-state index >= 15 is 0 Å². The molecule has 1 saturated carbocycles. The Balaban J connectivity index is 2.02. The molecule has 0 amide bonds. The van der Waals surface area contributed by atoms with Crippen molar-refractivity contribution < 1.29 is 0 Å². The van der Waals surface area contributed by atoms with Crippen molar-refractivity contribution in [2.45, 2.75) is 31.8 Å². The Morgan fingerprint density at radius 1 is 1.47 bits per heavy atom. The third-order valence-electron chi connectivity index (χ3n) is 3.17. The highest BCUT2D eigenvalue weighted by molar-refractivity contribution is 5.40. The maximum atomic E-state index is 4.49. The maximum Gasteiger partial charge on any atom is 0.128 e. The van der Waals surface area contributed by atoms with Crippen LogP contribution in [0.25, 0.3) is 0 Å². The molecule has 0 aromatic carbocycles. The summed E-state index contributed by atoms with van der Waals surface area (Å²) in [6.45, 7) is 0.889. The second-order valence-electron chi connectivity index (χ2n) is 4.25. The second kappa shape index (κ2) is 4.62. The fourth-order valence-electron chi connectivity index (χ4n) is 1.90. The number of aromatic nitrogens is 1. The van der Waals surface area contributed by atoms with E-state index in [2.05, 4.69) is 34.4 Å². The molecule has 82 valence electrons. The molecule has 0 saturated heterocycles. The third kappa shape index (κ3) is 2.29. The van der Waals surface area contributed by atoms with Gasteiger partial charge in [0.25, 0.3) is 0 Å². The zero-order chi connectivity index (χ0) is 10.7. The van der Waals surface area contributed by atoms with E-state index in [1.54, 1.807) is 0 Å². The van der Waals surface area contributed by atoms with Crippen molar-refractivity contribution in [3.05, 3.63) is 23.9 Å². The van der Waals surface area contributed by atoms with Gasteiger partial charge in [0.1, 0.15) is 5.82 Å². The van der Waals surface area contributed by atoms with E-state index in [1.165, 1.54) is 24.8 Å². The smallest absolute Gasteiger partial charge is 0.128 e. The minimum Gasteiger partial charge on any atom is -0.357 e. The molecule has 0 radical (unpaired) electrons. The lowest BCUT2D eigenvalue weighted by atomic mass is 9.92. The van der Waals surface area contributed by atoms with Crippen molar-refractivity contribution in [3.8, 4) is 0 Å². The molecule has 1 heterocycles. The molecule has 1 aliphatic carbocycles. The van der Waals surface area contributed by atoms with Crippen LogP contribution in [-0.2, 0) is 6.54 Å². The van der Waals surface area contributed by atoms with Gasteiger partial charge in [-0.15, -0.1) is 0 Å². The summed E-state index contributed by atoms with van der Waals surface area (Å²) in [6, 6.07) is 4.98. The van der Waals surface area contributed by atoms with E-state index in [-0.39, 0.29) is 0 Å². The highest BCUT2D eigenvalue weighted by Gasteiger charge is 2.22. The summed E-state index contributed by atoms with van der Waals surface area (Å²) < 4.78 is 0. The van der Waals surface area contributed by atoms with Crippen molar-refractivity contribution in [2.24, 2.45) is 0 Å². The first-order valence-corrected chi connectivity index (χ1v) is 5.63. The molecule has 0 atom stereocenters. The average Bonchev–Trinajstić information content (AvgIpc) is 2.16. The number of hydrogen-bond donors (Lipinski definition) is 1. The second-order valence-corrected chi connectivity index (χ2v) is 4.25. The largest absolute Gasteiger partial charge is 0.357 e. The van der Waals surface area contributed by atoms with Crippen molar-refractivity contribution in [1.82, 2.24) is 10.3 Å². The standard InChI is InChI=1S/C12H19N3/c1-13-8-10-6-7-12(14-9-10)15(2)11-4-3-5-11/h6-7,9,11,13H,3-5,8H2,1-2H3. The van der Waals surface area contributed by atoms with Gasteiger partial charge in [-0.25, -0.2) is 4.98 Å². The number of hydrogen-bond acceptors (Lipinski definition) is 3. The molecule has 3 nitrogen and oxygen atoms in total. The van der Waals surface area contributed by atoms with Crippen LogP contribution in [0.15, 0.2) is 18.3 Å². The molecular weight excluding hydrogens is 186 g/mol. The summed E-state index contributed by atoms with van der Waals surface area (Å²) in [7, 11) is 4.10. The Bertz CT molecular complexity index is 303. The quantitative estimate of drug-likeness (QED) is 0.812. The summed E-state index contributed by atoms with van der Waals surface area (Å²) >= 11 is 0. The van der Waals surface area contributed by atoms with Gasteiger partial charge in [-0.3, -0.25) is 0 Å². The first kappa shape index (κ1) is 10.4. The lowest BCUT2D eigenvalue weighted by Crippen LogP contribution is -2.37. The van der Waals surface area contributed by atoms with Gasteiger partial charge in [-0.1, -0.05) is 6.07 Å². The zero-order valence-electron chi connectivity index (χ0n) is 9.53. The van der Waals surface area contributed by atoms with Gasteiger partial charge in [-0.05, 0) is 37.9 Å². The minimum atomic E-state index is 0.715. The summed E-state index contributed by atoms with van der Waals surface area (Å²) in [5.41, 5.74) is 1.24. The lowest BCUT2D eigenvalue weighted by molar-refractivity contribution is 0.399. The molecule has 0 spiro atoms. The highest BCUT2D eigenvalue weighted by atomic mass is 15.2. The zero-order valence-corrected chi connectivity index (χ0v) is 9.53. The third-order valence-corrected chi connectivity index (χ3v) is 3.17. The minimum absolute atomic E-state index is 0.715. The summed E-state index contributed by atoms with van der Waals surface area (Å²) in [5.74, 6) is 1.10. The monoisotopic (exact) mass is 205 g/mol. The van der Waals surface area contributed by atoms with Gasteiger partial charge in [-0.2, -0.15) is 0 Å². The highest BCUT2D eigenvalue weighted by Crippen LogP contribution is 2.26. The van der Waals surface area contributed by atoms with Crippen LogP contribution in [0.5, 0.6) is 0 Å². The molecule has 3 heteroatoms. The van der Waals surface area contributed by atoms with Gasteiger partial charge in [0.15, 0.2) is 0 Å². The van der Waals surface area contributed by atoms with Crippen LogP contribution < -0.4 is 10.2 Å². The number of nitrogens with one attached hydrogen (secondary N) is 1. The predicted octanol–water partition coefficient (Wildman–Crippen LogP) is 1.79. The van der Waals surface area contributed by atoms with Crippen molar-refractivity contribution in [3.63, 3.8) is 0 Å². The first-order chi connectivity index (χ1) is 7.31. The first-order valence-electron chi connectivity index (χ1n) is 5.63. The number of anilines is 1. The Morgan fingerprint density at radius 2 is 2.27 bits per heavy atom. The van der Waals surface area contributed by atoms with Gasteiger partial charge in [0.05, 0.1) is 0 Å². The number of rotatable bonds is 4. The van der Waals surface area contributed by atoms with Crippen LogP contribution in [0.1, 0.15) is 24.8 Å². The summed E-state index contributed by atoms with van der Waals surface area (Å²) in [4.78, 5) is 6.78. The van der Waals surface area contributed by atoms with E-state index in [0.717, 1.165) is 12.4 Å². The Hall–Kier alpha value is -1.09. The van der Waals surface area contributed by atoms with Crippen LogP contribution in [-0.4, -0.2) is 25.1 Å². The molecule has 1 aromatic heterocycles. The van der Waals surface area contributed by atoms with Crippen molar-refractivity contribution in [1.29, 1.82) is 0 Å². The Morgan fingerprint density at radius 3 is 2.73 bits per heavy atom. The maximum absolute atomic E-state index is 4.49. The fourth-order valence-corrected chi connectivity index (χ4v) is 1.90. The molecule has 2 rings (SSSR count). The van der Waals surface area contributed by atoms with Crippen LogP contribution in [0.2, 0.25) is 0 Å². The van der Waals surface area contributed by atoms with Crippen molar-refractivity contribution >= 4 is 5.82 Å². The molecule has 1 aliphatic rings. The van der Waals surface area contributed by atoms with E-state index in [1.807, 2.05) is 13.2 Å². The van der Waals surface area contributed by atoms with Gasteiger partial charge >= 0.3 is 0 Å². The van der Waals surface area contributed by atoms with Crippen LogP contribution in [0.3, 0.4) is 0 Å². The van der Waals surface area contributed by atoms with E-state index < -0.39 is 0 Å². The average molecular weight is 205 g/mol. The van der Waals surface area contributed by atoms with Crippen LogP contribution in [0, 0.1) is 0 Å². The molecule has 1 fully saturated rings. The molecule has 15 heavy (non-hydrogen) atoms. The molecule has 0 unspecified atom stereocenters. The Kier molecular flexibility index (Phi) is 3.21. The van der Waals surface area contributed by atoms with Crippen LogP contribution in [0.4, 0.5) is 5.82 Å². The topological polar surface area (TPSA) is 28.2 Å². The molecule has 1 aromatic rings. The fraction of sp³-hybridized carbons (Fsp3) is 0.583. The van der Waals surface area contributed by atoms with E-state index in [0.29, 0.717) is 6.04 Å². The van der Waals surface area contributed by atoms with Gasteiger partial charge in [0, 0.05) is 25.8 Å². The molecule has 0 aliphatic heterocycles.